The van der Waals surface area contributed by atoms with Crippen LogP contribution >= 0.6 is 0 Å². The van der Waals surface area contributed by atoms with Gasteiger partial charge in [0, 0.05) is 0 Å². The minimum Gasteiger partial charge on any atom is -0.459 e. The normalized spacial score (nSPS) is 12.0. The van der Waals surface area contributed by atoms with Crippen molar-refractivity contribution in [2.24, 2.45) is 11.7 Å². The molecule has 0 heterocycles. The number of rotatable bonds is 6. The maximum absolute atomic E-state index is 12.1. The molecule has 5 heteroatoms. The zero-order chi connectivity index (χ0) is 16.0. The third kappa shape index (κ3) is 5.85. The van der Waals surface area contributed by atoms with Gasteiger partial charge in [-0.1, -0.05) is 37.6 Å². The van der Waals surface area contributed by atoms with Gasteiger partial charge in [0.05, 0.1) is 0 Å². The van der Waals surface area contributed by atoms with E-state index in [1.165, 1.54) is 0 Å². The topological polar surface area (TPSA) is 81.4 Å². The smallest absolute Gasteiger partial charge is 0.329 e. The molecule has 116 valence electrons. The number of carbonyl (C=O) groups excluding carboxylic acids is 2. The number of urea groups is 1. The number of hydrogen-bond acceptors (Lipinski definition) is 3. The number of ether oxygens (including phenoxy) is 1. The molecule has 3 N–H and O–H groups in total. The van der Waals surface area contributed by atoms with E-state index in [1.54, 1.807) is 0 Å². The van der Waals surface area contributed by atoms with Crippen LogP contribution in [0.3, 0.4) is 0 Å². The fraction of sp³-hybridized carbons (Fsp3) is 0.500. The zero-order valence-corrected chi connectivity index (χ0v) is 13.1. The highest BCUT2D eigenvalue weighted by Gasteiger charge is 2.22. The van der Waals surface area contributed by atoms with Gasteiger partial charge in [-0.2, -0.15) is 0 Å². The van der Waals surface area contributed by atoms with E-state index in [0.29, 0.717) is 6.42 Å². The number of nitrogens with two attached hydrogens (primary N) is 1. The Hall–Kier alpha value is -2.04. The minimum atomic E-state index is -0.718. The molecule has 0 aliphatic heterocycles. The molecule has 1 aromatic carbocycles. The lowest BCUT2D eigenvalue weighted by Gasteiger charge is -2.18. The van der Waals surface area contributed by atoms with Crippen molar-refractivity contribution in [3.63, 3.8) is 0 Å². The number of benzene rings is 1. The van der Waals surface area contributed by atoms with Crippen molar-refractivity contribution in [3.05, 3.63) is 34.9 Å². The van der Waals surface area contributed by atoms with Gasteiger partial charge in [0.2, 0.25) is 0 Å². The van der Waals surface area contributed by atoms with Crippen molar-refractivity contribution in [1.29, 1.82) is 0 Å². The summed E-state index contributed by atoms with van der Waals surface area (Å²) in [5.74, 6) is -0.210. The fourth-order valence-corrected chi connectivity index (χ4v) is 2.06. The minimum absolute atomic E-state index is 0.196. The van der Waals surface area contributed by atoms with Crippen molar-refractivity contribution < 1.29 is 14.3 Å². The molecular formula is C16H24N2O3. The van der Waals surface area contributed by atoms with Gasteiger partial charge >= 0.3 is 12.0 Å². The summed E-state index contributed by atoms with van der Waals surface area (Å²) in [6.07, 6.45) is 0.495. The molecule has 0 radical (unpaired) electrons. The van der Waals surface area contributed by atoms with E-state index in [0.717, 1.165) is 16.7 Å². The predicted octanol–water partition coefficient (Wildman–Crippen LogP) is 2.43. The molecule has 1 rings (SSSR count). The Labute approximate surface area is 125 Å². The van der Waals surface area contributed by atoms with Gasteiger partial charge in [-0.3, -0.25) is 0 Å². The SMILES string of the molecule is Cc1ccc(C)c(COC(=O)[C@@H](CC(C)C)NC(N)=O)c1. The third-order valence-corrected chi connectivity index (χ3v) is 3.18. The van der Waals surface area contributed by atoms with Gasteiger partial charge in [-0.15, -0.1) is 0 Å². The highest BCUT2D eigenvalue weighted by Crippen LogP contribution is 2.13. The van der Waals surface area contributed by atoms with E-state index < -0.39 is 18.0 Å². The van der Waals surface area contributed by atoms with Crippen LogP contribution in [-0.4, -0.2) is 18.0 Å². The van der Waals surface area contributed by atoms with Gasteiger partial charge < -0.3 is 15.8 Å². The predicted molar refractivity (Wildman–Crippen MR) is 81.7 cm³/mol. The molecule has 0 aliphatic carbocycles. The molecule has 0 unspecified atom stereocenters. The molecule has 0 aromatic heterocycles. The lowest BCUT2D eigenvalue weighted by Crippen LogP contribution is -2.45. The summed E-state index contributed by atoms with van der Waals surface area (Å²) in [6.45, 7) is 8.08. The Morgan fingerprint density at radius 2 is 1.95 bits per heavy atom. The fourth-order valence-electron chi connectivity index (χ4n) is 2.06. The molecule has 1 aromatic rings. The van der Waals surface area contributed by atoms with Crippen LogP contribution in [0.25, 0.3) is 0 Å². The number of amides is 2. The molecule has 21 heavy (non-hydrogen) atoms. The Morgan fingerprint density at radius 3 is 2.52 bits per heavy atom. The Kier molecular flexibility index (Phi) is 6.21. The van der Waals surface area contributed by atoms with Crippen molar-refractivity contribution in [1.82, 2.24) is 5.32 Å². The number of carbonyl (C=O) groups is 2. The van der Waals surface area contributed by atoms with Crippen LogP contribution in [0.2, 0.25) is 0 Å². The molecule has 0 saturated heterocycles. The van der Waals surface area contributed by atoms with Gasteiger partial charge in [0.15, 0.2) is 0 Å². The first-order chi connectivity index (χ1) is 9.79. The van der Waals surface area contributed by atoms with Crippen LogP contribution in [-0.2, 0) is 16.1 Å². The van der Waals surface area contributed by atoms with E-state index in [1.807, 2.05) is 45.9 Å². The summed E-state index contributed by atoms with van der Waals surface area (Å²) in [4.78, 5) is 23.1. The Morgan fingerprint density at radius 1 is 1.29 bits per heavy atom. The van der Waals surface area contributed by atoms with Gasteiger partial charge in [0.25, 0.3) is 0 Å². The lowest BCUT2D eigenvalue weighted by atomic mass is 10.0. The average molecular weight is 292 g/mol. The van der Waals surface area contributed by atoms with Crippen LogP contribution in [0.1, 0.15) is 37.0 Å². The maximum atomic E-state index is 12.1. The van der Waals surface area contributed by atoms with Crippen LogP contribution in [0, 0.1) is 19.8 Å². The van der Waals surface area contributed by atoms with Gasteiger partial charge in [-0.05, 0) is 37.3 Å². The molecule has 0 fully saturated rings. The summed E-state index contributed by atoms with van der Waals surface area (Å²) in [7, 11) is 0. The van der Waals surface area contributed by atoms with E-state index in [4.69, 9.17) is 10.5 Å². The maximum Gasteiger partial charge on any atom is 0.329 e. The second-order valence-corrected chi connectivity index (χ2v) is 5.73. The van der Waals surface area contributed by atoms with E-state index in [2.05, 4.69) is 5.32 Å². The van der Waals surface area contributed by atoms with E-state index >= 15 is 0 Å². The average Bonchev–Trinajstić information content (AvgIpc) is 2.37. The standard InChI is InChI=1S/C16H24N2O3/c1-10(2)7-14(18-16(17)20)15(19)21-9-13-8-11(3)5-6-12(13)4/h5-6,8,10,14H,7,9H2,1-4H3,(H3,17,18,20)/t14-/m1/s1. The quantitative estimate of drug-likeness (QED) is 0.790. The van der Waals surface area contributed by atoms with Crippen LogP contribution in [0.15, 0.2) is 18.2 Å². The van der Waals surface area contributed by atoms with Crippen molar-refractivity contribution in [2.75, 3.05) is 0 Å². The molecule has 0 saturated carbocycles. The molecule has 0 bridgehead atoms. The third-order valence-electron chi connectivity index (χ3n) is 3.18. The first-order valence-electron chi connectivity index (χ1n) is 7.08. The second-order valence-electron chi connectivity index (χ2n) is 5.73. The first kappa shape index (κ1) is 17.0. The van der Waals surface area contributed by atoms with Gasteiger partial charge in [-0.25, -0.2) is 9.59 Å². The van der Waals surface area contributed by atoms with Crippen LogP contribution < -0.4 is 11.1 Å². The summed E-state index contributed by atoms with van der Waals surface area (Å²) < 4.78 is 5.32. The monoisotopic (exact) mass is 292 g/mol. The summed E-state index contributed by atoms with van der Waals surface area (Å²) >= 11 is 0. The largest absolute Gasteiger partial charge is 0.459 e. The molecule has 0 aliphatic rings. The molecule has 2 amide bonds. The number of aryl methyl sites for hydroxylation is 2. The molecule has 1 atom stereocenters. The highest BCUT2D eigenvalue weighted by atomic mass is 16.5. The zero-order valence-electron chi connectivity index (χ0n) is 13.1. The van der Waals surface area contributed by atoms with Crippen molar-refractivity contribution in [3.8, 4) is 0 Å². The Balaban J connectivity index is 2.68. The number of nitrogens with one attached hydrogen (secondary N) is 1. The Bertz CT molecular complexity index is 512. The number of esters is 1. The van der Waals surface area contributed by atoms with Crippen molar-refractivity contribution >= 4 is 12.0 Å². The van der Waals surface area contributed by atoms with E-state index in [9.17, 15) is 9.59 Å². The van der Waals surface area contributed by atoms with E-state index in [-0.39, 0.29) is 12.5 Å². The molecular weight excluding hydrogens is 268 g/mol. The second kappa shape index (κ2) is 7.67. The summed E-state index contributed by atoms with van der Waals surface area (Å²) in [5, 5.41) is 2.44. The first-order valence-corrected chi connectivity index (χ1v) is 7.08. The molecule has 5 nitrogen and oxygen atoms in total. The van der Waals surface area contributed by atoms with Crippen LogP contribution in [0.4, 0.5) is 4.79 Å². The van der Waals surface area contributed by atoms with Gasteiger partial charge in [0.1, 0.15) is 12.6 Å². The lowest BCUT2D eigenvalue weighted by molar-refractivity contribution is -0.147. The number of primary amides is 1. The van der Waals surface area contributed by atoms with Crippen LogP contribution in [0.5, 0.6) is 0 Å². The highest BCUT2D eigenvalue weighted by molar-refractivity contribution is 5.82. The summed E-state index contributed by atoms with van der Waals surface area (Å²) in [6, 6.07) is 4.57. The van der Waals surface area contributed by atoms with Crippen molar-refractivity contribution in [2.45, 2.75) is 46.8 Å². The number of hydrogen-bond donors (Lipinski definition) is 2. The summed E-state index contributed by atoms with van der Waals surface area (Å²) in [5.41, 5.74) is 8.24. The molecule has 0 spiro atoms.